The number of carbonyl (C=O) groups excluding carboxylic acids is 3. The standard InChI is InChI=1S/C56H52N8O9S3/c1-4-71-43(72-5-2)32-63-48(60-61-50(66)52(63)68)42(74)31-37-33-75-53-45(51(67)64(53)46(37)54(69)73-47(35-21-11-6-12-22-35)36-23-13-7-14-24-36)58-49(65)44(62-70-3)41-34-76-55(57-41)59-56(38-25-15-8-16-26-38,39-27-17-9-18-28-39)40-29-19-10-20-30-40/h6-31,34,43,45,47,53,74H,4-5,32-33H2,1-3H3,(H,57,59)(H,58,65)(H,61,66). The third-order valence-electron chi connectivity index (χ3n) is 12.5. The number of rotatable bonds is 21. The summed E-state index contributed by atoms with van der Waals surface area (Å²) in [5.41, 5.74) is 1.52. The summed E-state index contributed by atoms with van der Waals surface area (Å²) in [5, 5.41) is 18.4. The molecule has 1 saturated heterocycles. The lowest BCUT2D eigenvalue weighted by Gasteiger charge is -2.49. The molecule has 2 atom stereocenters. The second-order valence-electron chi connectivity index (χ2n) is 17.1. The van der Waals surface area contributed by atoms with Crippen molar-refractivity contribution in [2.45, 2.75) is 49.7 Å². The number of thiol groups is 1. The molecule has 20 heteroatoms. The zero-order valence-corrected chi connectivity index (χ0v) is 43.9. The third-order valence-corrected chi connectivity index (χ3v) is 14.9. The van der Waals surface area contributed by atoms with Gasteiger partial charge in [0.05, 0.1) is 6.54 Å². The number of fused-ring (bicyclic) bond motifs is 1. The number of aromatic amines is 1. The van der Waals surface area contributed by atoms with E-state index in [0.29, 0.717) is 16.3 Å². The molecule has 17 nitrogen and oxygen atoms in total. The van der Waals surface area contributed by atoms with Gasteiger partial charge in [-0.3, -0.25) is 28.6 Å². The highest BCUT2D eigenvalue weighted by Crippen LogP contribution is 2.44. The van der Waals surface area contributed by atoms with Crippen LogP contribution in [0.25, 0.3) is 4.91 Å². The lowest BCUT2D eigenvalue weighted by atomic mass is 9.77. The number of hydrogen-bond donors (Lipinski definition) is 4. The maximum atomic E-state index is 14.9. The number of hydrogen-bond acceptors (Lipinski definition) is 16. The number of H-pyrrole nitrogens is 1. The number of esters is 1. The Bertz CT molecular complexity index is 3250. The zero-order chi connectivity index (χ0) is 53.2. The maximum absolute atomic E-state index is 14.9. The van der Waals surface area contributed by atoms with Crippen LogP contribution < -0.4 is 21.8 Å². The number of benzene rings is 5. The predicted molar refractivity (Wildman–Crippen MR) is 294 cm³/mol. The van der Waals surface area contributed by atoms with E-state index in [1.807, 2.05) is 152 Å². The molecular weight excluding hydrogens is 1020 g/mol. The molecule has 388 valence electrons. The monoisotopic (exact) mass is 1080 g/mol. The number of aromatic nitrogens is 4. The van der Waals surface area contributed by atoms with Crippen LogP contribution in [-0.4, -0.2) is 91.9 Å². The lowest BCUT2D eigenvalue weighted by Crippen LogP contribution is -2.71. The van der Waals surface area contributed by atoms with Crippen molar-refractivity contribution < 1.29 is 33.4 Å². The van der Waals surface area contributed by atoms with Gasteiger partial charge >= 0.3 is 17.1 Å². The van der Waals surface area contributed by atoms with Crippen molar-refractivity contribution in [1.29, 1.82) is 0 Å². The molecule has 4 heterocycles. The molecule has 2 amide bonds. The number of thioether (sulfide) groups is 1. The fraction of sp³-hybridized carbons (Fsp3) is 0.214. The molecule has 0 aliphatic carbocycles. The average Bonchev–Trinajstić information content (AvgIpc) is 3.95. The van der Waals surface area contributed by atoms with E-state index in [0.717, 1.165) is 21.3 Å². The van der Waals surface area contributed by atoms with Gasteiger partial charge in [-0.05, 0) is 53.3 Å². The summed E-state index contributed by atoms with van der Waals surface area (Å²) in [5.74, 6) is -2.19. The SMILES string of the molecule is CCOC(Cn1c(C(S)=CC2=C(C(=O)OC(c3ccccc3)c3ccccc3)N3C(=O)C(NC(=O)C(=NOC)c4csc(NC(c5ccccc5)(c5ccccc5)c5ccccc5)n4)C3SC2)n[nH]c(=O)c1=O)OCC. The van der Waals surface area contributed by atoms with E-state index in [-0.39, 0.29) is 58.9 Å². The van der Waals surface area contributed by atoms with Crippen molar-refractivity contribution in [3.05, 3.63) is 234 Å². The van der Waals surface area contributed by atoms with Crippen LogP contribution in [0.3, 0.4) is 0 Å². The van der Waals surface area contributed by atoms with E-state index in [2.05, 4.69) is 26.0 Å². The zero-order valence-electron chi connectivity index (χ0n) is 41.4. The highest BCUT2D eigenvalue weighted by atomic mass is 32.2. The van der Waals surface area contributed by atoms with Crippen molar-refractivity contribution in [2.24, 2.45) is 5.16 Å². The molecule has 76 heavy (non-hydrogen) atoms. The summed E-state index contributed by atoms with van der Waals surface area (Å²) in [6.45, 7) is 3.84. The highest BCUT2D eigenvalue weighted by molar-refractivity contribution is 8.00. The van der Waals surface area contributed by atoms with E-state index in [9.17, 15) is 24.0 Å². The Kier molecular flexibility index (Phi) is 16.9. The Morgan fingerprint density at radius 2 is 1.37 bits per heavy atom. The molecule has 5 aromatic carbocycles. The minimum Gasteiger partial charge on any atom is -0.448 e. The van der Waals surface area contributed by atoms with E-state index in [1.165, 1.54) is 41.2 Å². The van der Waals surface area contributed by atoms with Gasteiger partial charge in [0.15, 0.2) is 29.1 Å². The Morgan fingerprint density at radius 3 is 1.89 bits per heavy atom. The van der Waals surface area contributed by atoms with Gasteiger partial charge in [-0.25, -0.2) is 14.9 Å². The van der Waals surface area contributed by atoms with Crippen LogP contribution >= 0.6 is 35.7 Å². The Hall–Kier alpha value is -7.88. The van der Waals surface area contributed by atoms with Crippen LogP contribution in [0.15, 0.2) is 189 Å². The van der Waals surface area contributed by atoms with Crippen LogP contribution in [0, 0.1) is 0 Å². The number of amides is 2. The summed E-state index contributed by atoms with van der Waals surface area (Å²) in [4.78, 5) is 81.4. The van der Waals surface area contributed by atoms with E-state index in [1.54, 1.807) is 19.2 Å². The molecule has 0 saturated carbocycles. The highest BCUT2D eigenvalue weighted by Gasteiger charge is 2.55. The number of nitrogens with zero attached hydrogens (tertiary/aromatic N) is 5. The first-order valence-corrected chi connectivity index (χ1v) is 26.6. The van der Waals surface area contributed by atoms with Crippen LogP contribution in [0.2, 0.25) is 0 Å². The largest absolute Gasteiger partial charge is 0.448 e. The van der Waals surface area contributed by atoms with Crippen molar-refractivity contribution in [1.82, 2.24) is 30.0 Å². The second kappa shape index (κ2) is 24.2. The number of β-lactam (4-membered cyclic amide) rings is 1. The minimum absolute atomic E-state index is 0.0611. The fourth-order valence-electron chi connectivity index (χ4n) is 9.08. The van der Waals surface area contributed by atoms with Gasteiger partial charge in [0, 0.05) is 29.3 Å². The second-order valence-corrected chi connectivity index (χ2v) is 19.6. The van der Waals surface area contributed by atoms with Crippen LogP contribution in [0.4, 0.5) is 5.13 Å². The van der Waals surface area contributed by atoms with E-state index in [4.69, 9.17) is 36.7 Å². The van der Waals surface area contributed by atoms with Gasteiger partial charge < -0.3 is 29.7 Å². The minimum atomic E-state index is -1.14. The maximum Gasteiger partial charge on any atom is 0.356 e. The van der Waals surface area contributed by atoms with Gasteiger partial charge in [-0.1, -0.05) is 157 Å². The molecule has 0 bridgehead atoms. The van der Waals surface area contributed by atoms with Crippen LogP contribution in [0.5, 0.6) is 0 Å². The Balaban J connectivity index is 1.04. The quantitative estimate of drug-likeness (QED) is 0.00805. The van der Waals surface area contributed by atoms with Gasteiger partial charge in [-0.2, -0.15) is 5.10 Å². The number of allylic oxidation sites excluding steroid dienone is 1. The molecule has 9 rings (SSSR count). The number of carbonyl (C=O) groups is 3. The molecule has 2 aliphatic heterocycles. The predicted octanol–water partition coefficient (Wildman–Crippen LogP) is 7.50. The first-order chi connectivity index (χ1) is 37.1. The molecule has 2 unspecified atom stereocenters. The molecule has 3 N–H and O–H groups in total. The van der Waals surface area contributed by atoms with Gasteiger partial charge in [-0.15, -0.1) is 35.7 Å². The van der Waals surface area contributed by atoms with Crippen molar-refractivity contribution in [2.75, 3.05) is 31.4 Å². The molecule has 2 aromatic heterocycles. The smallest absolute Gasteiger partial charge is 0.356 e. The summed E-state index contributed by atoms with van der Waals surface area (Å²) in [7, 11) is 1.31. The molecular formula is C56H52N8O9S3. The molecule has 2 aliphatic rings. The van der Waals surface area contributed by atoms with Gasteiger partial charge in [0.25, 0.3) is 11.8 Å². The molecule has 0 spiro atoms. The van der Waals surface area contributed by atoms with Gasteiger partial charge in [0.2, 0.25) is 0 Å². The molecule has 1 fully saturated rings. The van der Waals surface area contributed by atoms with Crippen molar-refractivity contribution >= 4 is 69.3 Å². The Morgan fingerprint density at radius 1 is 0.829 bits per heavy atom. The number of oxime groups is 1. The lowest BCUT2D eigenvalue weighted by molar-refractivity contribution is -0.154. The summed E-state index contributed by atoms with van der Waals surface area (Å²) in [6, 6.07) is 47.2. The fourth-order valence-corrected chi connectivity index (χ4v) is 11.5. The van der Waals surface area contributed by atoms with E-state index >= 15 is 0 Å². The van der Waals surface area contributed by atoms with Crippen LogP contribution in [-0.2, 0) is 45.5 Å². The van der Waals surface area contributed by atoms with E-state index < -0.39 is 58.3 Å². The molecule has 7 aromatic rings. The number of anilines is 1. The summed E-state index contributed by atoms with van der Waals surface area (Å²) in [6.07, 6.45) is -0.312. The summed E-state index contributed by atoms with van der Waals surface area (Å²) >= 11 is 7.29. The van der Waals surface area contributed by atoms with Gasteiger partial charge in [0.1, 0.15) is 35.5 Å². The number of thiazole rings is 1. The van der Waals surface area contributed by atoms with Crippen LogP contribution in [0.1, 0.15) is 59.3 Å². The first kappa shape index (κ1) is 53.0. The number of ether oxygens (including phenoxy) is 3. The third kappa shape index (κ3) is 11.1. The summed E-state index contributed by atoms with van der Waals surface area (Å²) < 4.78 is 18.8. The van der Waals surface area contributed by atoms with Crippen molar-refractivity contribution in [3.8, 4) is 0 Å². The first-order valence-electron chi connectivity index (χ1n) is 24.2. The average molecular weight is 1080 g/mol. The number of nitrogens with one attached hydrogen (secondary N) is 3. The normalized spacial score (nSPS) is 15.8. The topological polar surface area (TPSA) is 208 Å². The Labute approximate surface area is 451 Å². The molecule has 0 radical (unpaired) electrons. The van der Waals surface area contributed by atoms with Crippen molar-refractivity contribution in [3.63, 3.8) is 0 Å².